The zero-order chi connectivity index (χ0) is 78.9. The largest absolute Gasteiger partial charge is 0.472 e. The van der Waals surface area contributed by atoms with Crippen molar-refractivity contribution in [1.29, 1.82) is 0 Å². The number of hydrogen-bond donors (Lipinski definition) is 3. The Hall–Kier alpha value is -6.36. The third-order valence-corrected chi connectivity index (χ3v) is 17.6. The summed E-state index contributed by atoms with van der Waals surface area (Å²) < 4.78 is 68.6. The lowest BCUT2D eigenvalue weighted by Crippen LogP contribution is -2.30. The van der Waals surface area contributed by atoms with Gasteiger partial charge in [0.05, 0.1) is 26.4 Å². The lowest BCUT2D eigenvalue weighted by molar-refractivity contribution is -0.161. The molecule has 0 aromatic rings. The van der Waals surface area contributed by atoms with Gasteiger partial charge >= 0.3 is 39.5 Å². The minimum atomic E-state index is -5.01. The van der Waals surface area contributed by atoms with E-state index in [4.69, 9.17) is 37.0 Å². The number of rotatable bonds is 73. The fourth-order valence-electron chi connectivity index (χ4n) is 9.75. The van der Waals surface area contributed by atoms with E-state index in [1.165, 1.54) is 0 Å². The zero-order valence-electron chi connectivity index (χ0n) is 66.4. The molecule has 0 aliphatic heterocycles. The van der Waals surface area contributed by atoms with Crippen molar-refractivity contribution in [1.82, 2.24) is 0 Å². The van der Waals surface area contributed by atoms with Crippen molar-refractivity contribution in [3.05, 3.63) is 207 Å². The van der Waals surface area contributed by atoms with Gasteiger partial charge in [-0.1, -0.05) is 266 Å². The Labute approximate surface area is 652 Å². The monoisotopic (exact) mass is 1540 g/mol. The van der Waals surface area contributed by atoms with E-state index >= 15 is 0 Å². The highest BCUT2D eigenvalue weighted by atomic mass is 31.2. The van der Waals surface area contributed by atoms with Crippen molar-refractivity contribution in [3.8, 4) is 0 Å². The van der Waals surface area contributed by atoms with Crippen molar-refractivity contribution >= 4 is 39.5 Å². The molecule has 0 amide bonds. The van der Waals surface area contributed by atoms with Crippen LogP contribution in [0.1, 0.15) is 272 Å². The first-order valence-corrected chi connectivity index (χ1v) is 43.3. The molecule has 19 heteroatoms. The average Bonchev–Trinajstić information content (AvgIpc) is 0.896. The topological polar surface area (TPSA) is 237 Å². The smallest absolute Gasteiger partial charge is 0.462 e. The minimum absolute atomic E-state index is 0.0375. The molecule has 0 bridgehead atoms. The van der Waals surface area contributed by atoms with E-state index in [0.29, 0.717) is 25.7 Å². The first-order chi connectivity index (χ1) is 52.7. The molecule has 0 fully saturated rings. The van der Waals surface area contributed by atoms with Crippen LogP contribution in [0.15, 0.2) is 207 Å². The predicted octanol–water partition coefficient (Wildman–Crippen LogP) is 23.9. The molecule has 0 rings (SSSR count). The normalized spacial score (nSPS) is 14.9. The number of hydrogen-bond acceptors (Lipinski definition) is 15. The molecule has 0 spiro atoms. The summed E-state index contributed by atoms with van der Waals surface area (Å²) in [5.41, 5.74) is 0. The molecule has 0 heterocycles. The second kappa shape index (κ2) is 78.8. The van der Waals surface area contributed by atoms with Gasteiger partial charge in [-0.15, -0.1) is 0 Å². The SMILES string of the molecule is CC/C=C\C/C=C\C/C=C\C/C=C\C/C=C\CCCCCC(=O)OCC(COP(=O)(O)OCC(O)COP(=O)(O)OCC(COC(=O)CCCC/C=C\C/C=C\C/C=C\C/C=C\CC)OC(=O)CCCCCCC/C=C\C/C=C\C/C=C\CC)OC(=O)CCCCC/C=C\C/C=C\C/C=C\C/C=C\C/C=C\CC. The molecule has 608 valence electrons. The number of aliphatic hydroxyl groups is 1. The molecule has 108 heavy (non-hydrogen) atoms. The number of phosphoric ester groups is 2. The van der Waals surface area contributed by atoms with Gasteiger partial charge in [-0.05, 0) is 186 Å². The van der Waals surface area contributed by atoms with Gasteiger partial charge in [0.2, 0.25) is 0 Å². The number of esters is 4. The first kappa shape index (κ1) is 102. The molecule has 0 saturated carbocycles. The van der Waals surface area contributed by atoms with Gasteiger partial charge in [0, 0.05) is 25.7 Å². The number of aliphatic hydroxyl groups excluding tert-OH is 1. The Morgan fingerprint density at radius 2 is 0.454 bits per heavy atom. The Morgan fingerprint density at radius 1 is 0.259 bits per heavy atom. The number of allylic oxidation sites excluding steroid dienone is 34. The van der Waals surface area contributed by atoms with Crippen molar-refractivity contribution in [2.24, 2.45) is 0 Å². The number of unbranched alkanes of at least 4 members (excludes halogenated alkanes) is 13. The summed E-state index contributed by atoms with van der Waals surface area (Å²) in [5, 5.41) is 10.7. The Morgan fingerprint density at radius 3 is 0.722 bits per heavy atom. The minimum Gasteiger partial charge on any atom is -0.462 e. The fraction of sp³-hybridized carbons (Fsp3) is 0.573. The molecule has 5 unspecified atom stereocenters. The van der Waals surface area contributed by atoms with E-state index in [0.717, 1.165) is 193 Å². The van der Waals surface area contributed by atoms with Crippen LogP contribution in [0.4, 0.5) is 0 Å². The van der Waals surface area contributed by atoms with Crippen molar-refractivity contribution in [2.75, 3.05) is 39.6 Å². The quantitative estimate of drug-likeness (QED) is 0.0169. The van der Waals surface area contributed by atoms with Gasteiger partial charge < -0.3 is 33.8 Å². The highest BCUT2D eigenvalue weighted by Crippen LogP contribution is 2.45. The third-order valence-electron chi connectivity index (χ3n) is 15.7. The van der Waals surface area contributed by atoms with Gasteiger partial charge in [0.25, 0.3) is 0 Å². The van der Waals surface area contributed by atoms with Crippen LogP contribution in [0.3, 0.4) is 0 Å². The summed E-state index contributed by atoms with van der Waals surface area (Å²) in [7, 11) is -10.0. The number of carbonyl (C=O) groups excluding carboxylic acids is 4. The van der Waals surface area contributed by atoms with E-state index in [9.17, 15) is 43.2 Å². The standard InChI is InChI=1S/C89H140O17P2/c1-5-9-13-17-21-25-29-33-37-39-41-43-47-50-54-58-62-66-70-74-87(92)100-80-85(106-89(94)76-72-68-64-60-56-52-48-44-42-40-38-34-30-26-22-18-14-10-6-2)82-104-108(97,98)102-78-83(90)77-101-107(95,96)103-81-84(105-88(93)75-71-67-63-59-55-51-46-36-32-28-24-20-16-12-8-4)79-99-86(91)73-69-65-61-57-53-49-45-35-31-27-23-19-15-11-7-3/h9-16,21-28,33-38,41-46,50,52-54,56-57,83-85,90H,5-8,17-20,29-32,39-40,47-49,51,55,58-82H2,1-4H3,(H,95,96)(H,97,98)/b13-9-,14-10-,15-11-,16-12-,25-21-,26-22-,27-23-,28-24-,37-33-,38-34-,43-41-,44-42-,45-35-,46-36-,54-50-,56-52-,57-53-. The third kappa shape index (κ3) is 77.8. The molecular weight excluding hydrogens is 1400 g/mol. The van der Waals surface area contributed by atoms with E-state index < -0.39 is 97.5 Å². The summed E-state index contributed by atoms with van der Waals surface area (Å²) in [4.78, 5) is 73.1. The Balaban J connectivity index is 5.52. The molecule has 0 aromatic carbocycles. The van der Waals surface area contributed by atoms with E-state index in [1.54, 1.807) is 0 Å². The molecule has 0 aromatic heterocycles. The highest BCUT2D eigenvalue weighted by Gasteiger charge is 2.30. The molecule has 5 atom stereocenters. The molecule has 0 aliphatic rings. The Kier molecular flexibility index (Phi) is 74.1. The molecule has 0 aliphatic carbocycles. The molecular formula is C89H140O17P2. The van der Waals surface area contributed by atoms with Gasteiger partial charge in [0.15, 0.2) is 12.2 Å². The lowest BCUT2D eigenvalue weighted by atomic mass is 10.1. The first-order valence-electron chi connectivity index (χ1n) is 40.3. The maximum atomic E-state index is 13.1. The zero-order valence-corrected chi connectivity index (χ0v) is 68.2. The molecule has 3 N–H and O–H groups in total. The number of carbonyl (C=O) groups is 4. The van der Waals surface area contributed by atoms with Gasteiger partial charge in [0.1, 0.15) is 19.3 Å². The summed E-state index contributed by atoms with van der Waals surface area (Å²) in [6, 6.07) is 0. The van der Waals surface area contributed by atoms with Crippen LogP contribution in [-0.4, -0.2) is 96.7 Å². The van der Waals surface area contributed by atoms with Crippen LogP contribution >= 0.6 is 15.6 Å². The lowest BCUT2D eigenvalue weighted by Gasteiger charge is -2.21. The summed E-state index contributed by atoms with van der Waals surface area (Å²) in [6.07, 6.45) is 98.1. The van der Waals surface area contributed by atoms with E-state index in [-0.39, 0.29) is 25.7 Å². The summed E-state index contributed by atoms with van der Waals surface area (Å²) >= 11 is 0. The van der Waals surface area contributed by atoms with Gasteiger partial charge in [-0.3, -0.25) is 37.3 Å². The molecule has 0 saturated heterocycles. The van der Waals surface area contributed by atoms with Gasteiger partial charge in [-0.2, -0.15) is 0 Å². The maximum Gasteiger partial charge on any atom is 0.472 e. The van der Waals surface area contributed by atoms with Crippen LogP contribution in [0.2, 0.25) is 0 Å². The van der Waals surface area contributed by atoms with Crippen LogP contribution in [-0.2, 0) is 65.4 Å². The van der Waals surface area contributed by atoms with E-state index in [2.05, 4.69) is 234 Å². The Bertz CT molecular complexity index is 2860. The van der Waals surface area contributed by atoms with Crippen LogP contribution in [0.25, 0.3) is 0 Å². The second-order valence-corrected chi connectivity index (χ2v) is 28.7. The second-order valence-electron chi connectivity index (χ2n) is 25.8. The van der Waals surface area contributed by atoms with Crippen LogP contribution in [0.5, 0.6) is 0 Å². The predicted molar refractivity (Wildman–Crippen MR) is 445 cm³/mol. The van der Waals surface area contributed by atoms with Crippen LogP contribution < -0.4 is 0 Å². The summed E-state index contributed by atoms with van der Waals surface area (Å²) in [6.45, 7) is 4.24. The van der Waals surface area contributed by atoms with Crippen molar-refractivity contribution in [2.45, 2.75) is 290 Å². The number of ether oxygens (including phenoxy) is 4. The van der Waals surface area contributed by atoms with Crippen molar-refractivity contribution in [3.63, 3.8) is 0 Å². The van der Waals surface area contributed by atoms with Crippen molar-refractivity contribution < 1.29 is 80.2 Å². The average molecular weight is 1540 g/mol. The molecule has 17 nitrogen and oxygen atoms in total. The number of phosphoric acid groups is 2. The fourth-order valence-corrected chi connectivity index (χ4v) is 11.3. The summed E-state index contributed by atoms with van der Waals surface area (Å²) in [5.74, 6) is -2.34. The van der Waals surface area contributed by atoms with E-state index in [1.807, 2.05) is 0 Å². The highest BCUT2D eigenvalue weighted by molar-refractivity contribution is 7.47. The maximum absolute atomic E-state index is 13.1. The van der Waals surface area contributed by atoms with Gasteiger partial charge in [-0.25, -0.2) is 9.13 Å². The van der Waals surface area contributed by atoms with Crippen LogP contribution in [0, 0.1) is 0 Å². The molecule has 0 radical (unpaired) electrons.